The second kappa shape index (κ2) is 5.23. The minimum atomic E-state index is -0.276. The van der Waals surface area contributed by atoms with E-state index in [2.05, 4.69) is 15.9 Å². The molecule has 20 heavy (non-hydrogen) atoms. The molecule has 0 N–H and O–H groups in total. The fourth-order valence-electron chi connectivity index (χ4n) is 2.29. The molecule has 1 aliphatic rings. The first-order chi connectivity index (χ1) is 9.54. The zero-order valence-corrected chi connectivity index (χ0v) is 13.2. The van der Waals surface area contributed by atoms with Gasteiger partial charge in [0.1, 0.15) is 11.9 Å². The highest BCUT2D eigenvalue weighted by Gasteiger charge is 2.27. The van der Waals surface area contributed by atoms with Gasteiger partial charge < -0.3 is 4.74 Å². The van der Waals surface area contributed by atoms with Crippen molar-refractivity contribution in [3.63, 3.8) is 0 Å². The molecule has 2 aromatic carbocycles. The van der Waals surface area contributed by atoms with E-state index in [-0.39, 0.29) is 11.9 Å². The maximum atomic E-state index is 12.2. The molecule has 1 atom stereocenters. The van der Waals surface area contributed by atoms with E-state index in [9.17, 15) is 4.79 Å². The fraction of sp³-hybridized carbons (Fsp3) is 0.188. The number of Topliss-reactive ketones (excluding diaryl/α,β-unsaturated/α-hetero) is 1. The zero-order valence-electron chi connectivity index (χ0n) is 10.8. The van der Waals surface area contributed by atoms with Crippen LogP contribution < -0.4 is 4.74 Å². The summed E-state index contributed by atoms with van der Waals surface area (Å²) >= 11 is 9.54. The molecule has 4 heteroatoms. The number of halogens is 2. The minimum Gasteiger partial charge on any atom is -0.484 e. The van der Waals surface area contributed by atoms with Gasteiger partial charge in [0.05, 0.1) is 12.0 Å². The van der Waals surface area contributed by atoms with E-state index in [1.54, 1.807) is 6.07 Å². The number of ketones is 1. The Balaban J connectivity index is 1.98. The first-order valence-electron chi connectivity index (χ1n) is 6.30. The summed E-state index contributed by atoms with van der Waals surface area (Å²) in [6.07, 6.45) is 0.0657. The summed E-state index contributed by atoms with van der Waals surface area (Å²) in [4.78, 5) is 12.2. The molecule has 0 spiro atoms. The van der Waals surface area contributed by atoms with Gasteiger partial charge in [-0.05, 0) is 42.3 Å². The van der Waals surface area contributed by atoms with Gasteiger partial charge in [-0.15, -0.1) is 0 Å². The fourth-order valence-corrected chi connectivity index (χ4v) is 2.82. The number of fused-ring (bicyclic) bond motifs is 1. The van der Waals surface area contributed by atoms with E-state index in [1.165, 1.54) is 0 Å². The Hall–Kier alpha value is -1.32. The second-order valence-corrected chi connectivity index (χ2v) is 6.21. The Morgan fingerprint density at radius 3 is 2.80 bits per heavy atom. The van der Waals surface area contributed by atoms with Gasteiger partial charge in [0.25, 0.3) is 0 Å². The molecule has 2 nitrogen and oxygen atoms in total. The predicted molar refractivity (Wildman–Crippen MR) is 82.6 cm³/mol. The third-order valence-corrected chi connectivity index (χ3v) is 4.35. The van der Waals surface area contributed by atoms with E-state index < -0.39 is 0 Å². The first-order valence-corrected chi connectivity index (χ1v) is 7.47. The Bertz CT molecular complexity index is 697. The van der Waals surface area contributed by atoms with Crippen LogP contribution in [0.1, 0.15) is 34.0 Å². The first kappa shape index (κ1) is 13.7. The smallest absolute Gasteiger partial charge is 0.170 e. The van der Waals surface area contributed by atoms with Gasteiger partial charge in [-0.1, -0.05) is 39.7 Å². The van der Waals surface area contributed by atoms with E-state index in [0.717, 1.165) is 15.6 Å². The summed E-state index contributed by atoms with van der Waals surface area (Å²) in [7, 11) is 0. The Morgan fingerprint density at radius 2 is 2.05 bits per heavy atom. The molecular weight excluding hydrogens is 340 g/mol. The van der Waals surface area contributed by atoms with Crippen molar-refractivity contribution in [1.82, 2.24) is 0 Å². The van der Waals surface area contributed by atoms with Gasteiger partial charge in [0.15, 0.2) is 5.78 Å². The SMILES string of the molecule is Cc1ccc(C2CC(=O)c3ccc(Br)cc3O2)cc1Cl. The highest BCUT2D eigenvalue weighted by Crippen LogP contribution is 2.37. The molecular formula is C16H12BrClO2. The molecule has 0 saturated carbocycles. The molecule has 0 amide bonds. The van der Waals surface area contributed by atoms with Gasteiger partial charge in [-0.3, -0.25) is 4.79 Å². The molecule has 0 saturated heterocycles. The van der Waals surface area contributed by atoms with Gasteiger partial charge in [-0.2, -0.15) is 0 Å². The lowest BCUT2D eigenvalue weighted by Gasteiger charge is -2.26. The Labute approximate surface area is 130 Å². The van der Waals surface area contributed by atoms with Gasteiger partial charge in [-0.25, -0.2) is 0 Å². The number of rotatable bonds is 1. The molecule has 2 aromatic rings. The summed E-state index contributed by atoms with van der Waals surface area (Å²) in [5, 5.41) is 0.693. The van der Waals surface area contributed by atoms with E-state index in [4.69, 9.17) is 16.3 Å². The highest BCUT2D eigenvalue weighted by molar-refractivity contribution is 9.10. The van der Waals surface area contributed by atoms with E-state index in [0.29, 0.717) is 22.8 Å². The largest absolute Gasteiger partial charge is 0.484 e. The summed E-state index contributed by atoms with van der Waals surface area (Å²) < 4.78 is 6.85. The summed E-state index contributed by atoms with van der Waals surface area (Å²) in [5.41, 5.74) is 2.59. The van der Waals surface area contributed by atoms with Crippen LogP contribution in [-0.2, 0) is 0 Å². The Kier molecular flexibility index (Phi) is 3.57. The van der Waals surface area contributed by atoms with Crippen molar-refractivity contribution in [2.75, 3.05) is 0 Å². The zero-order chi connectivity index (χ0) is 14.3. The van der Waals surface area contributed by atoms with Crippen LogP contribution in [0.2, 0.25) is 5.02 Å². The van der Waals surface area contributed by atoms with Crippen LogP contribution >= 0.6 is 27.5 Å². The van der Waals surface area contributed by atoms with E-state index >= 15 is 0 Å². The quantitative estimate of drug-likeness (QED) is 0.713. The van der Waals surface area contributed by atoms with Crippen molar-refractivity contribution in [2.24, 2.45) is 0 Å². The van der Waals surface area contributed by atoms with Crippen molar-refractivity contribution in [3.8, 4) is 5.75 Å². The maximum Gasteiger partial charge on any atom is 0.170 e. The summed E-state index contributed by atoms with van der Waals surface area (Å²) in [6, 6.07) is 11.3. The molecule has 0 radical (unpaired) electrons. The molecule has 1 heterocycles. The van der Waals surface area contributed by atoms with E-state index in [1.807, 2.05) is 37.3 Å². The van der Waals surface area contributed by atoms with Crippen LogP contribution in [0.3, 0.4) is 0 Å². The molecule has 1 aliphatic heterocycles. The number of ether oxygens (including phenoxy) is 1. The van der Waals surface area contributed by atoms with Crippen LogP contribution in [0.15, 0.2) is 40.9 Å². The topological polar surface area (TPSA) is 26.3 Å². The molecule has 0 bridgehead atoms. The van der Waals surface area contributed by atoms with Crippen molar-refractivity contribution in [1.29, 1.82) is 0 Å². The lowest BCUT2D eigenvalue weighted by Crippen LogP contribution is -2.20. The number of aryl methyl sites for hydroxylation is 1. The van der Waals surface area contributed by atoms with Gasteiger partial charge >= 0.3 is 0 Å². The van der Waals surface area contributed by atoms with Crippen molar-refractivity contribution >= 4 is 33.3 Å². The third kappa shape index (κ3) is 2.48. The lowest BCUT2D eigenvalue weighted by molar-refractivity contribution is 0.0850. The van der Waals surface area contributed by atoms with Crippen molar-refractivity contribution in [2.45, 2.75) is 19.4 Å². The molecule has 3 rings (SSSR count). The molecule has 0 fully saturated rings. The number of carbonyl (C=O) groups is 1. The number of carbonyl (C=O) groups excluding carboxylic acids is 1. The number of hydrogen-bond acceptors (Lipinski definition) is 2. The number of hydrogen-bond donors (Lipinski definition) is 0. The van der Waals surface area contributed by atoms with Crippen LogP contribution in [0.4, 0.5) is 0 Å². The predicted octanol–water partition coefficient (Wildman–Crippen LogP) is 5.12. The average Bonchev–Trinajstić information content (AvgIpc) is 2.41. The third-order valence-electron chi connectivity index (χ3n) is 3.45. The molecule has 0 aromatic heterocycles. The van der Waals surface area contributed by atoms with Crippen LogP contribution in [0.25, 0.3) is 0 Å². The second-order valence-electron chi connectivity index (χ2n) is 4.88. The molecule has 1 unspecified atom stereocenters. The lowest BCUT2D eigenvalue weighted by atomic mass is 9.96. The highest BCUT2D eigenvalue weighted by atomic mass is 79.9. The molecule has 0 aliphatic carbocycles. The maximum absolute atomic E-state index is 12.2. The van der Waals surface area contributed by atoms with Crippen molar-refractivity contribution in [3.05, 3.63) is 62.6 Å². The van der Waals surface area contributed by atoms with Gasteiger partial charge in [0, 0.05) is 9.50 Å². The number of benzene rings is 2. The van der Waals surface area contributed by atoms with Crippen LogP contribution in [0, 0.1) is 6.92 Å². The standard InChI is InChI=1S/C16H12BrClO2/c1-9-2-3-10(6-13(9)18)15-8-14(19)12-5-4-11(17)7-16(12)20-15/h2-7,15H,8H2,1H3. The van der Waals surface area contributed by atoms with Crippen molar-refractivity contribution < 1.29 is 9.53 Å². The van der Waals surface area contributed by atoms with Crippen LogP contribution in [-0.4, -0.2) is 5.78 Å². The average molecular weight is 352 g/mol. The monoisotopic (exact) mass is 350 g/mol. The molecule has 102 valence electrons. The van der Waals surface area contributed by atoms with Crippen LogP contribution in [0.5, 0.6) is 5.75 Å². The van der Waals surface area contributed by atoms with Gasteiger partial charge in [0.2, 0.25) is 0 Å². The summed E-state index contributed by atoms with van der Waals surface area (Å²) in [5.74, 6) is 0.720. The summed E-state index contributed by atoms with van der Waals surface area (Å²) in [6.45, 7) is 1.95. The minimum absolute atomic E-state index is 0.0976. The Morgan fingerprint density at radius 1 is 1.25 bits per heavy atom. The normalized spacial score (nSPS) is 17.6.